The van der Waals surface area contributed by atoms with Crippen LogP contribution in [0.1, 0.15) is 22.3 Å². The summed E-state index contributed by atoms with van der Waals surface area (Å²) >= 11 is 5.15. The minimum absolute atomic E-state index is 0.00216. The molecule has 1 N–H and O–H groups in total. The van der Waals surface area contributed by atoms with E-state index in [-0.39, 0.29) is 18.4 Å². The van der Waals surface area contributed by atoms with E-state index in [1.165, 1.54) is 0 Å². The van der Waals surface area contributed by atoms with Gasteiger partial charge in [-0.15, -0.1) is 0 Å². The summed E-state index contributed by atoms with van der Waals surface area (Å²) in [5.41, 5.74) is 1.60. The van der Waals surface area contributed by atoms with Crippen LogP contribution in [0.25, 0.3) is 0 Å². The van der Waals surface area contributed by atoms with E-state index < -0.39 is 5.97 Å². The molecule has 0 spiro atoms. The third kappa shape index (κ3) is 3.35. The van der Waals surface area contributed by atoms with Gasteiger partial charge < -0.3 is 10.0 Å². The van der Waals surface area contributed by atoms with E-state index in [0.717, 1.165) is 15.8 Å². The summed E-state index contributed by atoms with van der Waals surface area (Å²) in [5.74, 6) is 0.581. The Morgan fingerprint density at radius 1 is 1.50 bits per heavy atom. The zero-order valence-electron chi connectivity index (χ0n) is 11.1. The molecule has 1 atom stereocenters. The van der Waals surface area contributed by atoms with E-state index in [1.807, 2.05) is 19.1 Å². The number of hydrogen-bond acceptors (Lipinski definition) is 3. The van der Waals surface area contributed by atoms with Gasteiger partial charge in [-0.1, -0.05) is 12.1 Å². The van der Waals surface area contributed by atoms with E-state index in [0.29, 0.717) is 17.9 Å². The topological polar surface area (TPSA) is 57.6 Å². The van der Waals surface area contributed by atoms with Crippen LogP contribution in [0.15, 0.2) is 22.7 Å². The van der Waals surface area contributed by atoms with Crippen LogP contribution < -0.4 is 0 Å². The first-order valence-electron chi connectivity index (χ1n) is 6.36. The Balaban J connectivity index is 2.25. The van der Waals surface area contributed by atoms with Gasteiger partial charge in [0.25, 0.3) is 5.91 Å². The lowest BCUT2D eigenvalue weighted by Crippen LogP contribution is -2.47. The average molecular weight is 358 g/mol. The van der Waals surface area contributed by atoms with E-state index in [2.05, 4.69) is 15.9 Å². The fraction of sp³-hybridized carbons (Fsp3) is 0.429. The second-order valence-electron chi connectivity index (χ2n) is 4.76. The standard InChI is InChI=1S/C14H16BrNO3S/c1-9-3-2-4-11(13(9)15)14(19)16-5-6-20-8-10(16)7-12(17)18/h2-4,10H,5-8H2,1H3,(H,17,18). The minimum atomic E-state index is -0.862. The molecular weight excluding hydrogens is 342 g/mol. The third-order valence-electron chi connectivity index (χ3n) is 3.32. The first kappa shape index (κ1) is 15.4. The van der Waals surface area contributed by atoms with Crippen molar-refractivity contribution < 1.29 is 14.7 Å². The smallest absolute Gasteiger partial charge is 0.305 e. The van der Waals surface area contributed by atoms with Crippen LogP contribution in [0.4, 0.5) is 0 Å². The summed E-state index contributed by atoms with van der Waals surface area (Å²) in [4.78, 5) is 25.3. The normalized spacial score (nSPS) is 18.9. The van der Waals surface area contributed by atoms with Gasteiger partial charge in [-0.05, 0) is 34.5 Å². The van der Waals surface area contributed by atoms with Crippen molar-refractivity contribution in [3.63, 3.8) is 0 Å². The van der Waals surface area contributed by atoms with E-state index in [1.54, 1.807) is 22.7 Å². The number of thioether (sulfide) groups is 1. The number of nitrogens with zero attached hydrogens (tertiary/aromatic N) is 1. The molecule has 1 fully saturated rings. The second kappa shape index (κ2) is 6.63. The predicted octanol–water partition coefficient (Wildman–Crippen LogP) is 2.79. The van der Waals surface area contributed by atoms with Crippen molar-refractivity contribution >= 4 is 39.6 Å². The number of carbonyl (C=O) groups excluding carboxylic acids is 1. The summed E-state index contributed by atoms with van der Waals surface area (Å²) in [6.45, 7) is 2.53. The number of benzene rings is 1. The molecule has 0 aliphatic carbocycles. The Morgan fingerprint density at radius 2 is 2.25 bits per heavy atom. The number of aliphatic carboxylic acids is 1. The highest BCUT2D eigenvalue weighted by Gasteiger charge is 2.30. The SMILES string of the molecule is Cc1cccc(C(=O)N2CCSCC2CC(=O)O)c1Br. The Labute approximate surface area is 130 Å². The lowest BCUT2D eigenvalue weighted by Gasteiger charge is -2.35. The zero-order chi connectivity index (χ0) is 14.7. The molecule has 1 aromatic rings. The third-order valence-corrected chi connectivity index (χ3v) is 5.47. The summed E-state index contributed by atoms with van der Waals surface area (Å²) in [6.07, 6.45) is 0.00216. The van der Waals surface area contributed by atoms with Crippen molar-refractivity contribution in [1.82, 2.24) is 4.90 Å². The Hall–Kier alpha value is -1.01. The van der Waals surface area contributed by atoms with Gasteiger partial charge in [0.05, 0.1) is 18.0 Å². The number of aryl methyl sites for hydroxylation is 1. The van der Waals surface area contributed by atoms with Gasteiger partial charge in [0, 0.05) is 22.5 Å². The van der Waals surface area contributed by atoms with Crippen LogP contribution >= 0.6 is 27.7 Å². The van der Waals surface area contributed by atoms with Gasteiger partial charge in [0.15, 0.2) is 0 Å². The van der Waals surface area contributed by atoms with E-state index in [4.69, 9.17) is 5.11 Å². The van der Waals surface area contributed by atoms with Crippen LogP contribution in [0.2, 0.25) is 0 Å². The van der Waals surface area contributed by atoms with Crippen molar-refractivity contribution in [3.8, 4) is 0 Å². The largest absolute Gasteiger partial charge is 0.481 e. The molecule has 1 aliphatic heterocycles. The van der Waals surface area contributed by atoms with Crippen molar-refractivity contribution in [2.45, 2.75) is 19.4 Å². The monoisotopic (exact) mass is 357 g/mol. The van der Waals surface area contributed by atoms with E-state index in [9.17, 15) is 9.59 Å². The molecule has 1 amide bonds. The Bertz CT molecular complexity index is 535. The fourth-order valence-electron chi connectivity index (χ4n) is 2.26. The lowest BCUT2D eigenvalue weighted by atomic mass is 10.1. The van der Waals surface area contributed by atoms with E-state index >= 15 is 0 Å². The first-order chi connectivity index (χ1) is 9.50. The predicted molar refractivity (Wildman–Crippen MR) is 83.3 cm³/mol. The maximum absolute atomic E-state index is 12.7. The van der Waals surface area contributed by atoms with Crippen LogP contribution in [-0.2, 0) is 4.79 Å². The van der Waals surface area contributed by atoms with Crippen LogP contribution in [-0.4, -0.2) is 46.0 Å². The molecule has 108 valence electrons. The molecule has 1 aromatic carbocycles. The summed E-state index contributed by atoms with van der Waals surface area (Å²) in [7, 11) is 0. The number of carbonyl (C=O) groups is 2. The Kier molecular flexibility index (Phi) is 5.10. The molecule has 1 saturated heterocycles. The van der Waals surface area contributed by atoms with Crippen molar-refractivity contribution in [2.24, 2.45) is 0 Å². The molecule has 1 aliphatic rings. The number of rotatable bonds is 3. The Morgan fingerprint density at radius 3 is 2.95 bits per heavy atom. The number of carboxylic acid groups (broad SMARTS) is 1. The van der Waals surface area contributed by atoms with Gasteiger partial charge in [-0.25, -0.2) is 0 Å². The maximum atomic E-state index is 12.7. The molecular formula is C14H16BrNO3S. The molecule has 0 saturated carbocycles. The summed E-state index contributed by atoms with van der Waals surface area (Å²) in [6, 6.07) is 5.32. The molecule has 0 bridgehead atoms. The van der Waals surface area contributed by atoms with Crippen LogP contribution in [0, 0.1) is 6.92 Å². The highest BCUT2D eigenvalue weighted by atomic mass is 79.9. The summed E-state index contributed by atoms with van der Waals surface area (Å²) in [5, 5.41) is 8.98. The van der Waals surface area contributed by atoms with Gasteiger partial charge in [-0.2, -0.15) is 11.8 Å². The van der Waals surface area contributed by atoms with Crippen LogP contribution in [0.3, 0.4) is 0 Å². The highest BCUT2D eigenvalue weighted by Crippen LogP contribution is 2.26. The number of halogens is 1. The maximum Gasteiger partial charge on any atom is 0.305 e. The van der Waals surface area contributed by atoms with Crippen LogP contribution in [0.5, 0.6) is 0 Å². The molecule has 1 unspecified atom stereocenters. The zero-order valence-corrected chi connectivity index (χ0v) is 13.5. The minimum Gasteiger partial charge on any atom is -0.481 e. The van der Waals surface area contributed by atoms with Gasteiger partial charge in [-0.3, -0.25) is 9.59 Å². The molecule has 6 heteroatoms. The quantitative estimate of drug-likeness (QED) is 0.903. The fourth-order valence-corrected chi connectivity index (χ4v) is 3.76. The van der Waals surface area contributed by atoms with Gasteiger partial charge >= 0.3 is 5.97 Å². The molecule has 0 aromatic heterocycles. The number of hydrogen-bond donors (Lipinski definition) is 1. The summed E-state index contributed by atoms with van der Waals surface area (Å²) < 4.78 is 0.789. The molecule has 1 heterocycles. The molecule has 2 rings (SSSR count). The first-order valence-corrected chi connectivity index (χ1v) is 8.31. The average Bonchev–Trinajstić information content (AvgIpc) is 2.41. The van der Waals surface area contributed by atoms with Crippen molar-refractivity contribution in [1.29, 1.82) is 0 Å². The molecule has 0 radical (unpaired) electrons. The van der Waals surface area contributed by atoms with Gasteiger partial charge in [0.2, 0.25) is 0 Å². The van der Waals surface area contributed by atoms with Gasteiger partial charge in [0.1, 0.15) is 0 Å². The number of amides is 1. The second-order valence-corrected chi connectivity index (χ2v) is 6.70. The highest BCUT2D eigenvalue weighted by molar-refractivity contribution is 9.10. The lowest BCUT2D eigenvalue weighted by molar-refractivity contribution is -0.138. The van der Waals surface area contributed by atoms with Crippen molar-refractivity contribution in [2.75, 3.05) is 18.1 Å². The molecule has 20 heavy (non-hydrogen) atoms. The van der Waals surface area contributed by atoms with Crippen molar-refractivity contribution in [3.05, 3.63) is 33.8 Å². The molecule has 4 nitrogen and oxygen atoms in total. The number of carboxylic acids is 1.